The van der Waals surface area contributed by atoms with Gasteiger partial charge in [0.05, 0.1) is 11.2 Å². The molecule has 0 bridgehead atoms. The van der Waals surface area contributed by atoms with Gasteiger partial charge < -0.3 is 9.64 Å². The molecule has 1 heterocycles. The lowest BCUT2D eigenvalue weighted by Crippen LogP contribution is -2.19. The smallest absolute Gasteiger partial charge is 0.262 e. The van der Waals surface area contributed by atoms with Crippen molar-refractivity contribution in [3.05, 3.63) is 87.3 Å². The van der Waals surface area contributed by atoms with Crippen LogP contribution >= 0.6 is 31.9 Å². The molecule has 4 aromatic rings. The van der Waals surface area contributed by atoms with E-state index in [-0.39, 0.29) is 5.91 Å². The van der Waals surface area contributed by atoms with Crippen molar-refractivity contribution in [1.29, 1.82) is 0 Å². The summed E-state index contributed by atoms with van der Waals surface area (Å²) in [5, 5.41) is 0.900. The number of nitrogens with zero attached hydrogens (tertiary/aromatic N) is 2. The molecule has 0 amide bonds. The predicted octanol–water partition coefficient (Wildman–Crippen LogP) is 6.46. The van der Waals surface area contributed by atoms with E-state index in [9.17, 15) is 4.79 Å². The van der Waals surface area contributed by atoms with Gasteiger partial charge >= 0.3 is 0 Å². The third-order valence-corrected chi connectivity index (χ3v) is 6.03. The Hall–Kier alpha value is -2.41. The Morgan fingerprint density at radius 2 is 1.61 bits per heavy atom. The minimum Gasteiger partial charge on any atom is -0.489 e. The molecule has 1 aromatic heterocycles. The van der Waals surface area contributed by atoms with E-state index in [1.807, 2.05) is 86.9 Å². The quantitative estimate of drug-likeness (QED) is 0.281. The number of aromatic nitrogens is 1. The van der Waals surface area contributed by atoms with E-state index in [2.05, 4.69) is 36.8 Å². The summed E-state index contributed by atoms with van der Waals surface area (Å²) in [5.41, 5.74) is 3.12. The third kappa shape index (κ3) is 4.61. The highest BCUT2D eigenvalue weighted by atomic mass is 79.9. The summed E-state index contributed by atoms with van der Waals surface area (Å²) in [5.74, 6) is 0.621. The van der Waals surface area contributed by atoms with E-state index < -0.39 is 0 Å². The molecule has 0 spiro atoms. The van der Waals surface area contributed by atoms with E-state index in [0.29, 0.717) is 12.2 Å². The van der Waals surface area contributed by atoms with E-state index in [0.717, 1.165) is 43.4 Å². The number of carbonyl (C=O) groups is 1. The van der Waals surface area contributed by atoms with Gasteiger partial charge in [0, 0.05) is 32.0 Å². The fourth-order valence-electron chi connectivity index (χ4n) is 3.50. The van der Waals surface area contributed by atoms with Gasteiger partial charge in [-0.25, -0.2) is 0 Å². The topological polar surface area (TPSA) is 34.5 Å². The maximum atomic E-state index is 13.7. The van der Waals surface area contributed by atoms with E-state index >= 15 is 0 Å². The molecule has 4 rings (SSSR count). The molecule has 31 heavy (non-hydrogen) atoms. The van der Waals surface area contributed by atoms with Crippen LogP contribution in [0.5, 0.6) is 5.75 Å². The second kappa shape index (κ2) is 9.39. The number of carbonyl (C=O) groups excluding carboxylic acids is 1. The fraction of sp³-hybridized carbons (Fsp3) is 0.160. The second-order valence-corrected chi connectivity index (χ2v) is 9.34. The lowest BCUT2D eigenvalue weighted by Gasteiger charge is -2.14. The molecule has 4 nitrogen and oxygen atoms in total. The Morgan fingerprint density at radius 3 is 2.29 bits per heavy atom. The summed E-state index contributed by atoms with van der Waals surface area (Å²) in [6, 6.07) is 23.3. The zero-order chi connectivity index (χ0) is 22.0. The Morgan fingerprint density at radius 1 is 0.935 bits per heavy atom. The Bertz CT molecular complexity index is 1220. The summed E-state index contributed by atoms with van der Waals surface area (Å²) in [6.45, 7) is 1.29. The lowest BCUT2D eigenvalue weighted by atomic mass is 10.1. The maximum Gasteiger partial charge on any atom is 0.262 e. The van der Waals surface area contributed by atoms with Crippen molar-refractivity contribution in [3.8, 4) is 17.0 Å². The highest BCUT2D eigenvalue weighted by Crippen LogP contribution is 2.41. The number of hydrogen-bond donors (Lipinski definition) is 0. The Kier molecular flexibility index (Phi) is 6.60. The molecule has 6 heteroatoms. The predicted molar refractivity (Wildman–Crippen MR) is 133 cm³/mol. The zero-order valence-electron chi connectivity index (χ0n) is 17.3. The average molecular weight is 542 g/mol. The molecule has 0 aliphatic heterocycles. The highest BCUT2D eigenvalue weighted by Gasteiger charge is 2.25. The molecular weight excluding hydrogens is 520 g/mol. The second-order valence-electron chi connectivity index (χ2n) is 7.50. The van der Waals surface area contributed by atoms with Crippen LogP contribution in [0.25, 0.3) is 22.2 Å². The molecule has 0 radical (unpaired) electrons. The Balaban J connectivity index is 1.97. The first-order valence-electron chi connectivity index (χ1n) is 9.93. The zero-order valence-corrected chi connectivity index (χ0v) is 20.5. The van der Waals surface area contributed by atoms with Crippen molar-refractivity contribution in [2.24, 2.45) is 0 Å². The van der Waals surface area contributed by atoms with Crippen LogP contribution in [0, 0.1) is 0 Å². The number of likely N-dealkylation sites (N-methyl/N-ethyl adjacent to an activating group) is 1. The molecule has 158 valence electrons. The summed E-state index contributed by atoms with van der Waals surface area (Å²) >= 11 is 7.02. The van der Waals surface area contributed by atoms with Crippen LogP contribution in [0.3, 0.4) is 0 Å². The summed E-state index contributed by atoms with van der Waals surface area (Å²) in [4.78, 5) is 15.8. The van der Waals surface area contributed by atoms with E-state index in [1.54, 1.807) is 4.57 Å². The van der Waals surface area contributed by atoms with E-state index in [1.165, 1.54) is 0 Å². The van der Waals surface area contributed by atoms with Crippen molar-refractivity contribution in [1.82, 2.24) is 9.47 Å². The van der Waals surface area contributed by atoms with Gasteiger partial charge in [-0.2, -0.15) is 0 Å². The largest absolute Gasteiger partial charge is 0.489 e. The monoisotopic (exact) mass is 540 g/mol. The van der Waals surface area contributed by atoms with Crippen molar-refractivity contribution in [2.45, 2.75) is 0 Å². The lowest BCUT2D eigenvalue weighted by molar-refractivity contribution is 0.0966. The first-order valence-corrected chi connectivity index (χ1v) is 11.5. The minimum absolute atomic E-state index is 0.0962. The van der Waals surface area contributed by atoms with Crippen LogP contribution in [-0.2, 0) is 0 Å². The third-order valence-electron chi connectivity index (χ3n) is 5.01. The van der Waals surface area contributed by atoms with Gasteiger partial charge in [0.15, 0.2) is 5.75 Å². The Labute approximate surface area is 198 Å². The number of rotatable bonds is 6. The van der Waals surface area contributed by atoms with Crippen LogP contribution < -0.4 is 4.74 Å². The fourth-order valence-corrected chi connectivity index (χ4v) is 4.13. The van der Waals surface area contributed by atoms with Crippen molar-refractivity contribution in [2.75, 3.05) is 27.2 Å². The van der Waals surface area contributed by atoms with Gasteiger partial charge in [-0.3, -0.25) is 9.36 Å². The number of hydrogen-bond acceptors (Lipinski definition) is 3. The van der Waals surface area contributed by atoms with Crippen LogP contribution in [0.15, 0.2) is 81.7 Å². The van der Waals surface area contributed by atoms with E-state index in [4.69, 9.17) is 4.74 Å². The molecule has 0 fully saturated rings. The molecule has 0 atom stereocenters. The van der Waals surface area contributed by atoms with Gasteiger partial charge in [-0.1, -0.05) is 62.2 Å². The normalized spacial score (nSPS) is 11.3. The molecule has 0 saturated heterocycles. The standard InChI is InChI=1S/C25H22Br2N2O2/c1-28(2)14-15-31-24-21-16-20(27)12-13-22(21)29(23(24)17-6-4-3-5-7-17)25(30)18-8-10-19(26)11-9-18/h3-13,16H,14-15H2,1-2H3. The summed E-state index contributed by atoms with van der Waals surface area (Å²) in [7, 11) is 4.02. The van der Waals surface area contributed by atoms with Crippen molar-refractivity contribution >= 4 is 48.7 Å². The number of halogens is 2. The van der Waals surface area contributed by atoms with Crippen LogP contribution in [0.4, 0.5) is 0 Å². The van der Waals surface area contributed by atoms with Gasteiger partial charge in [-0.15, -0.1) is 0 Å². The number of fused-ring (bicyclic) bond motifs is 1. The molecule has 0 unspecified atom stereocenters. The molecule has 0 N–H and O–H groups in total. The van der Waals surface area contributed by atoms with Crippen LogP contribution in [0.1, 0.15) is 10.4 Å². The maximum absolute atomic E-state index is 13.7. The SMILES string of the molecule is CN(C)CCOc1c(-c2ccccc2)n(C(=O)c2ccc(Br)cc2)c2ccc(Br)cc12. The average Bonchev–Trinajstić information content (AvgIpc) is 3.07. The molecule has 0 aliphatic rings. The van der Waals surface area contributed by atoms with Gasteiger partial charge in [0.25, 0.3) is 5.91 Å². The first kappa shape index (κ1) is 21.8. The van der Waals surface area contributed by atoms with Crippen LogP contribution in [0.2, 0.25) is 0 Å². The minimum atomic E-state index is -0.0962. The number of ether oxygens (including phenoxy) is 1. The highest BCUT2D eigenvalue weighted by molar-refractivity contribution is 9.10. The first-order chi connectivity index (χ1) is 15.0. The van der Waals surface area contributed by atoms with Crippen molar-refractivity contribution in [3.63, 3.8) is 0 Å². The summed E-state index contributed by atoms with van der Waals surface area (Å²) in [6.07, 6.45) is 0. The van der Waals surface area contributed by atoms with Gasteiger partial charge in [0.1, 0.15) is 6.61 Å². The molecule has 3 aromatic carbocycles. The van der Waals surface area contributed by atoms with Gasteiger partial charge in [0.2, 0.25) is 0 Å². The van der Waals surface area contributed by atoms with Crippen LogP contribution in [-0.4, -0.2) is 42.6 Å². The van der Waals surface area contributed by atoms with Gasteiger partial charge in [-0.05, 0) is 56.6 Å². The molecule has 0 saturated carbocycles. The molecule has 0 aliphatic carbocycles. The number of benzene rings is 3. The summed E-state index contributed by atoms with van der Waals surface area (Å²) < 4.78 is 9.95. The van der Waals surface area contributed by atoms with Crippen molar-refractivity contribution < 1.29 is 9.53 Å². The molecular formula is C25H22Br2N2O2.